The molecule has 1 heterocycles. The number of imidazole rings is 1. The van der Waals surface area contributed by atoms with Gasteiger partial charge in [-0.2, -0.15) is 0 Å². The Kier molecular flexibility index (Phi) is 4.20. The summed E-state index contributed by atoms with van der Waals surface area (Å²) in [6.45, 7) is 0.682. The molecule has 1 aromatic heterocycles. The number of benzene rings is 1. The van der Waals surface area contributed by atoms with E-state index < -0.39 is 6.10 Å². The quantitative estimate of drug-likeness (QED) is 0.727. The smallest absolute Gasteiger partial charge is 0.323 e. The van der Waals surface area contributed by atoms with Crippen molar-refractivity contribution in [2.24, 2.45) is 5.92 Å². The lowest BCUT2D eigenvalue weighted by Gasteiger charge is -2.15. The fraction of sp³-hybridized carbons (Fsp3) is 0.438. The number of aliphatic hydroxyl groups excluding tert-OH is 1. The fourth-order valence-corrected chi connectivity index (χ4v) is 2.31. The van der Waals surface area contributed by atoms with Crippen molar-refractivity contribution in [3.63, 3.8) is 0 Å². The third-order valence-electron chi connectivity index (χ3n) is 3.81. The van der Waals surface area contributed by atoms with Gasteiger partial charge in [-0.25, -0.2) is 4.79 Å². The molecule has 0 aliphatic heterocycles. The van der Waals surface area contributed by atoms with Gasteiger partial charge in [0.05, 0.1) is 19.8 Å². The zero-order valence-corrected chi connectivity index (χ0v) is 12.5. The molecular weight excluding hydrogens is 284 g/mol. The maximum atomic E-state index is 11.1. The van der Waals surface area contributed by atoms with Crippen LogP contribution in [0.1, 0.15) is 30.2 Å². The van der Waals surface area contributed by atoms with Crippen molar-refractivity contribution in [3.8, 4) is 11.5 Å². The molecule has 6 heteroatoms. The summed E-state index contributed by atoms with van der Waals surface area (Å²) < 4.78 is 11.1. The van der Waals surface area contributed by atoms with E-state index >= 15 is 0 Å². The van der Waals surface area contributed by atoms with Gasteiger partial charge in [0.15, 0.2) is 11.5 Å². The first-order chi connectivity index (χ1) is 10.7. The second kappa shape index (κ2) is 6.27. The SMILES string of the molecule is COc1ccc(C(O)Cc2c[nH]c(=O)[nH]2)cc1OCC1CC1. The topological polar surface area (TPSA) is 87.3 Å². The van der Waals surface area contributed by atoms with Gasteiger partial charge in [-0.3, -0.25) is 0 Å². The Balaban J connectivity index is 1.73. The summed E-state index contributed by atoms with van der Waals surface area (Å²) in [6, 6.07) is 5.40. The number of hydrogen-bond acceptors (Lipinski definition) is 4. The van der Waals surface area contributed by atoms with Crippen molar-refractivity contribution in [3.05, 3.63) is 46.1 Å². The van der Waals surface area contributed by atoms with E-state index in [0.29, 0.717) is 36.1 Å². The Bertz CT molecular complexity index is 687. The van der Waals surface area contributed by atoms with Crippen molar-refractivity contribution in [2.45, 2.75) is 25.4 Å². The highest BCUT2D eigenvalue weighted by Gasteiger charge is 2.23. The van der Waals surface area contributed by atoms with E-state index in [9.17, 15) is 9.90 Å². The van der Waals surface area contributed by atoms with Crippen LogP contribution in [0.4, 0.5) is 0 Å². The third-order valence-corrected chi connectivity index (χ3v) is 3.81. The minimum atomic E-state index is -0.722. The lowest BCUT2D eigenvalue weighted by molar-refractivity contribution is 0.176. The highest BCUT2D eigenvalue weighted by Crippen LogP contribution is 2.34. The predicted octanol–water partition coefficient (Wildman–Crippen LogP) is 1.78. The van der Waals surface area contributed by atoms with Gasteiger partial charge in [-0.05, 0) is 36.5 Å². The van der Waals surface area contributed by atoms with Gasteiger partial charge in [0.2, 0.25) is 0 Å². The summed E-state index contributed by atoms with van der Waals surface area (Å²) in [5, 5.41) is 10.3. The van der Waals surface area contributed by atoms with E-state index in [1.54, 1.807) is 31.5 Å². The Morgan fingerprint density at radius 3 is 2.82 bits per heavy atom. The second-order valence-electron chi connectivity index (χ2n) is 5.65. The molecule has 3 N–H and O–H groups in total. The lowest BCUT2D eigenvalue weighted by atomic mass is 10.0. The molecule has 0 spiro atoms. The summed E-state index contributed by atoms with van der Waals surface area (Å²) in [5.41, 5.74) is 1.12. The van der Waals surface area contributed by atoms with Gasteiger partial charge < -0.3 is 24.5 Å². The highest BCUT2D eigenvalue weighted by molar-refractivity contribution is 5.43. The molecule has 1 aromatic carbocycles. The van der Waals surface area contributed by atoms with Crippen LogP contribution < -0.4 is 15.2 Å². The van der Waals surface area contributed by atoms with E-state index in [1.165, 1.54) is 12.8 Å². The van der Waals surface area contributed by atoms with Crippen molar-refractivity contribution in [1.29, 1.82) is 0 Å². The first-order valence-corrected chi connectivity index (χ1v) is 7.41. The van der Waals surface area contributed by atoms with E-state index in [4.69, 9.17) is 9.47 Å². The molecular formula is C16H20N2O4. The molecule has 1 aliphatic carbocycles. The minimum Gasteiger partial charge on any atom is -0.493 e. The number of ether oxygens (including phenoxy) is 2. The lowest BCUT2D eigenvalue weighted by Crippen LogP contribution is -2.06. The number of aliphatic hydroxyl groups is 1. The van der Waals surface area contributed by atoms with E-state index in [1.807, 2.05) is 0 Å². The van der Waals surface area contributed by atoms with Crippen LogP contribution in [-0.4, -0.2) is 28.8 Å². The van der Waals surface area contributed by atoms with Crippen molar-refractivity contribution < 1.29 is 14.6 Å². The molecule has 0 radical (unpaired) electrons. The second-order valence-corrected chi connectivity index (χ2v) is 5.65. The van der Waals surface area contributed by atoms with E-state index in [2.05, 4.69) is 9.97 Å². The number of nitrogens with one attached hydrogen (secondary N) is 2. The van der Waals surface area contributed by atoms with Crippen LogP contribution in [0.5, 0.6) is 11.5 Å². The van der Waals surface area contributed by atoms with Gasteiger partial charge in [0.25, 0.3) is 0 Å². The molecule has 0 bridgehead atoms. The molecule has 0 saturated heterocycles. The number of aromatic nitrogens is 2. The molecule has 6 nitrogen and oxygen atoms in total. The average Bonchev–Trinajstić information content (AvgIpc) is 3.26. The number of hydrogen-bond donors (Lipinski definition) is 3. The molecule has 1 unspecified atom stereocenters. The number of aromatic amines is 2. The van der Waals surface area contributed by atoms with Gasteiger partial charge in [-0.1, -0.05) is 6.07 Å². The van der Waals surface area contributed by atoms with E-state index in [-0.39, 0.29) is 5.69 Å². The molecule has 0 amide bonds. The van der Waals surface area contributed by atoms with Crippen LogP contribution in [0.2, 0.25) is 0 Å². The Morgan fingerprint density at radius 1 is 1.36 bits per heavy atom. The van der Waals surface area contributed by atoms with Gasteiger partial charge >= 0.3 is 5.69 Å². The summed E-state index contributed by atoms with van der Waals surface area (Å²) in [4.78, 5) is 16.2. The minimum absolute atomic E-state index is 0.273. The number of H-pyrrole nitrogens is 2. The molecule has 118 valence electrons. The first-order valence-electron chi connectivity index (χ1n) is 7.41. The van der Waals surface area contributed by atoms with Gasteiger partial charge in [0, 0.05) is 18.3 Å². The standard InChI is InChI=1S/C16H20N2O4/c1-21-14-5-4-11(6-15(14)22-9-10-2-3-10)13(19)7-12-8-17-16(20)18-12/h4-6,8,10,13,19H,2-3,7,9H2,1H3,(H2,17,18,20). The van der Waals surface area contributed by atoms with Crippen molar-refractivity contribution in [1.82, 2.24) is 9.97 Å². The van der Waals surface area contributed by atoms with Crippen LogP contribution in [-0.2, 0) is 6.42 Å². The Labute approximate surface area is 128 Å². The molecule has 1 saturated carbocycles. The maximum absolute atomic E-state index is 11.1. The van der Waals surface area contributed by atoms with Gasteiger partial charge in [-0.15, -0.1) is 0 Å². The normalized spacial score (nSPS) is 15.5. The molecule has 1 fully saturated rings. The van der Waals surface area contributed by atoms with Crippen LogP contribution in [0.25, 0.3) is 0 Å². The van der Waals surface area contributed by atoms with Crippen LogP contribution in [0, 0.1) is 5.92 Å². The summed E-state index contributed by atoms with van der Waals surface area (Å²) in [5.74, 6) is 1.95. The third kappa shape index (κ3) is 3.51. The summed E-state index contributed by atoms with van der Waals surface area (Å²) >= 11 is 0. The van der Waals surface area contributed by atoms with Crippen molar-refractivity contribution >= 4 is 0 Å². The number of rotatable bonds is 7. The van der Waals surface area contributed by atoms with Crippen LogP contribution in [0.3, 0.4) is 0 Å². The van der Waals surface area contributed by atoms with E-state index in [0.717, 1.165) is 5.56 Å². The maximum Gasteiger partial charge on any atom is 0.323 e. The zero-order chi connectivity index (χ0) is 15.5. The Hall–Kier alpha value is -2.21. The molecule has 1 atom stereocenters. The van der Waals surface area contributed by atoms with Crippen molar-refractivity contribution in [2.75, 3.05) is 13.7 Å². The highest BCUT2D eigenvalue weighted by atomic mass is 16.5. The predicted molar refractivity (Wildman–Crippen MR) is 81.3 cm³/mol. The Morgan fingerprint density at radius 2 is 2.18 bits per heavy atom. The zero-order valence-electron chi connectivity index (χ0n) is 12.5. The fourth-order valence-electron chi connectivity index (χ4n) is 2.31. The van der Waals surface area contributed by atoms with Gasteiger partial charge in [0.1, 0.15) is 0 Å². The number of methoxy groups -OCH3 is 1. The van der Waals surface area contributed by atoms with Crippen LogP contribution in [0.15, 0.2) is 29.2 Å². The summed E-state index contributed by atoms with van der Waals surface area (Å²) in [6.07, 6.45) is 3.60. The largest absolute Gasteiger partial charge is 0.493 e. The monoisotopic (exact) mass is 304 g/mol. The first kappa shape index (κ1) is 14.7. The molecule has 3 rings (SSSR count). The van der Waals surface area contributed by atoms with Crippen LogP contribution >= 0.6 is 0 Å². The summed E-state index contributed by atoms with van der Waals surface area (Å²) in [7, 11) is 1.60. The molecule has 1 aliphatic rings. The molecule has 2 aromatic rings. The average molecular weight is 304 g/mol. The molecule has 22 heavy (non-hydrogen) atoms.